The van der Waals surface area contributed by atoms with E-state index in [4.69, 9.17) is 0 Å². The number of thioether (sulfide) groups is 1. The van der Waals surface area contributed by atoms with Crippen LogP contribution in [0.25, 0.3) is 0 Å². The molecule has 0 unspecified atom stereocenters. The van der Waals surface area contributed by atoms with Gasteiger partial charge in [0.2, 0.25) is 5.91 Å². The number of halogens is 3. The van der Waals surface area contributed by atoms with E-state index in [2.05, 4.69) is 16.0 Å². The van der Waals surface area contributed by atoms with Gasteiger partial charge in [-0.2, -0.15) is 13.2 Å². The van der Waals surface area contributed by atoms with Gasteiger partial charge in [0.05, 0.1) is 12.1 Å². The third kappa shape index (κ3) is 6.99. The highest BCUT2D eigenvalue weighted by atomic mass is 32.2. The van der Waals surface area contributed by atoms with E-state index in [-0.39, 0.29) is 30.1 Å². The van der Waals surface area contributed by atoms with Gasteiger partial charge in [-0.25, -0.2) is 0 Å². The number of carbonyl (C=O) groups is 3. The van der Waals surface area contributed by atoms with Crippen LogP contribution in [0.15, 0.2) is 53.4 Å². The second-order valence-electron chi connectivity index (χ2n) is 8.03. The van der Waals surface area contributed by atoms with Crippen molar-refractivity contribution >= 4 is 29.5 Å². The average molecular weight is 494 g/mol. The van der Waals surface area contributed by atoms with Crippen LogP contribution in [0.4, 0.5) is 13.2 Å². The lowest BCUT2D eigenvalue weighted by Crippen LogP contribution is -2.54. The highest BCUT2D eigenvalue weighted by Gasteiger charge is 2.31. The van der Waals surface area contributed by atoms with Crippen LogP contribution in [0, 0.1) is 0 Å². The molecule has 1 aliphatic carbocycles. The standard InChI is InChI=1S/C24H26F3N3O3S/c1-34-18-11-9-15(10-12-18)23(33)30-20-8-3-2-7-19(20)29-21(31)14-28-22(32)16-5-4-6-17(13-16)24(25,26)27/h4-6,9-13,19-20H,2-3,7-8,14H2,1H3,(H,28,32)(H,29,31)(H,30,33)/t19-,20+/m1/s1. The van der Waals surface area contributed by atoms with Gasteiger partial charge < -0.3 is 16.0 Å². The summed E-state index contributed by atoms with van der Waals surface area (Å²) in [6.07, 6.45) is 0.558. The Bertz CT molecular complexity index is 1030. The summed E-state index contributed by atoms with van der Waals surface area (Å²) >= 11 is 1.58. The number of benzene rings is 2. The quantitative estimate of drug-likeness (QED) is 0.509. The molecule has 1 aliphatic rings. The third-order valence-corrected chi connectivity index (χ3v) is 6.39. The minimum absolute atomic E-state index is 0.182. The summed E-state index contributed by atoms with van der Waals surface area (Å²) in [5, 5.41) is 8.17. The molecule has 182 valence electrons. The molecule has 2 atom stereocenters. The van der Waals surface area contributed by atoms with Gasteiger partial charge in [0, 0.05) is 28.1 Å². The molecule has 0 heterocycles. The number of amides is 3. The number of hydrogen-bond donors (Lipinski definition) is 3. The highest BCUT2D eigenvalue weighted by Crippen LogP contribution is 2.29. The maximum atomic E-state index is 12.8. The topological polar surface area (TPSA) is 87.3 Å². The minimum atomic E-state index is -4.56. The monoisotopic (exact) mass is 493 g/mol. The fourth-order valence-corrected chi connectivity index (χ4v) is 4.24. The largest absolute Gasteiger partial charge is 0.416 e. The van der Waals surface area contributed by atoms with E-state index in [1.807, 2.05) is 18.4 Å². The summed E-state index contributed by atoms with van der Waals surface area (Å²) in [5.74, 6) is -1.48. The fraction of sp³-hybridized carbons (Fsp3) is 0.375. The molecule has 0 aromatic heterocycles. The van der Waals surface area contributed by atoms with Crippen molar-refractivity contribution in [2.75, 3.05) is 12.8 Å². The van der Waals surface area contributed by atoms with Gasteiger partial charge in [-0.1, -0.05) is 18.9 Å². The maximum absolute atomic E-state index is 12.8. The van der Waals surface area contributed by atoms with Crippen LogP contribution < -0.4 is 16.0 Å². The van der Waals surface area contributed by atoms with Crippen LogP contribution in [-0.2, 0) is 11.0 Å². The van der Waals surface area contributed by atoms with E-state index < -0.39 is 23.6 Å². The van der Waals surface area contributed by atoms with Crippen molar-refractivity contribution < 1.29 is 27.6 Å². The molecule has 3 amide bonds. The van der Waals surface area contributed by atoms with Crippen LogP contribution in [0.2, 0.25) is 0 Å². The minimum Gasteiger partial charge on any atom is -0.350 e. The molecule has 0 aliphatic heterocycles. The van der Waals surface area contributed by atoms with Crippen LogP contribution in [0.1, 0.15) is 52.0 Å². The zero-order chi connectivity index (χ0) is 24.7. The van der Waals surface area contributed by atoms with E-state index in [0.717, 1.165) is 35.9 Å². The predicted octanol–water partition coefficient (Wildman–Crippen LogP) is 4.01. The number of alkyl halides is 3. The highest BCUT2D eigenvalue weighted by molar-refractivity contribution is 7.98. The van der Waals surface area contributed by atoms with Crippen LogP contribution in [0.5, 0.6) is 0 Å². The van der Waals surface area contributed by atoms with Gasteiger partial charge in [0.15, 0.2) is 0 Å². The normalized spacial score (nSPS) is 18.1. The average Bonchev–Trinajstić information content (AvgIpc) is 2.83. The molecule has 0 bridgehead atoms. The number of rotatable bonds is 7. The van der Waals surface area contributed by atoms with E-state index in [0.29, 0.717) is 18.4 Å². The zero-order valence-electron chi connectivity index (χ0n) is 18.6. The van der Waals surface area contributed by atoms with Crippen molar-refractivity contribution in [1.29, 1.82) is 0 Å². The first-order valence-corrected chi connectivity index (χ1v) is 12.1. The van der Waals surface area contributed by atoms with E-state index in [1.54, 1.807) is 23.9 Å². The molecule has 0 saturated heterocycles. The van der Waals surface area contributed by atoms with E-state index in [1.165, 1.54) is 6.07 Å². The molecule has 6 nitrogen and oxygen atoms in total. The summed E-state index contributed by atoms with van der Waals surface area (Å²) in [5.41, 5.74) is -0.590. The molecule has 2 aromatic rings. The molecule has 0 spiro atoms. The Morgan fingerprint density at radius 1 is 0.912 bits per heavy atom. The molecule has 34 heavy (non-hydrogen) atoms. The Morgan fingerprint density at radius 3 is 2.18 bits per heavy atom. The third-order valence-electron chi connectivity index (χ3n) is 5.64. The molecule has 3 N–H and O–H groups in total. The lowest BCUT2D eigenvalue weighted by Gasteiger charge is -2.33. The van der Waals surface area contributed by atoms with Crippen LogP contribution >= 0.6 is 11.8 Å². The van der Waals surface area contributed by atoms with Gasteiger partial charge in [-0.15, -0.1) is 11.8 Å². The second-order valence-corrected chi connectivity index (χ2v) is 8.91. The van der Waals surface area contributed by atoms with Gasteiger partial charge in [0.25, 0.3) is 11.8 Å². The summed E-state index contributed by atoms with van der Waals surface area (Å²) in [7, 11) is 0. The SMILES string of the molecule is CSc1ccc(C(=O)N[C@H]2CCCC[C@H]2NC(=O)CNC(=O)c2cccc(C(F)(F)F)c2)cc1. The summed E-state index contributed by atoms with van der Waals surface area (Å²) in [6.45, 7) is -0.387. The van der Waals surface area contributed by atoms with Crippen LogP contribution in [-0.4, -0.2) is 42.6 Å². The van der Waals surface area contributed by atoms with Crippen molar-refractivity contribution in [3.05, 3.63) is 65.2 Å². The van der Waals surface area contributed by atoms with Gasteiger partial charge >= 0.3 is 6.18 Å². The van der Waals surface area contributed by atoms with Gasteiger partial charge in [-0.05, 0) is 61.6 Å². The lowest BCUT2D eigenvalue weighted by molar-refractivity contribution is -0.137. The molecule has 1 saturated carbocycles. The van der Waals surface area contributed by atoms with Crippen molar-refractivity contribution in [2.45, 2.75) is 48.8 Å². The summed E-state index contributed by atoms with van der Waals surface area (Å²) < 4.78 is 38.5. The number of hydrogen-bond acceptors (Lipinski definition) is 4. The number of nitrogens with one attached hydrogen (secondary N) is 3. The van der Waals surface area contributed by atoms with Crippen molar-refractivity contribution in [2.24, 2.45) is 0 Å². The Morgan fingerprint density at radius 2 is 1.56 bits per heavy atom. The molecule has 2 aromatic carbocycles. The summed E-state index contributed by atoms with van der Waals surface area (Å²) in [4.78, 5) is 38.3. The van der Waals surface area contributed by atoms with E-state index in [9.17, 15) is 27.6 Å². The maximum Gasteiger partial charge on any atom is 0.416 e. The number of carbonyl (C=O) groups excluding carboxylic acids is 3. The summed E-state index contributed by atoms with van der Waals surface area (Å²) in [6, 6.07) is 10.7. The molecular weight excluding hydrogens is 467 g/mol. The smallest absolute Gasteiger partial charge is 0.350 e. The molecule has 10 heteroatoms. The van der Waals surface area contributed by atoms with Gasteiger partial charge in [-0.3, -0.25) is 14.4 Å². The predicted molar refractivity (Wildman–Crippen MR) is 124 cm³/mol. The lowest BCUT2D eigenvalue weighted by atomic mass is 9.90. The first-order chi connectivity index (χ1) is 16.2. The van der Waals surface area contributed by atoms with Crippen molar-refractivity contribution in [3.63, 3.8) is 0 Å². The Hall–Kier alpha value is -3.01. The van der Waals surface area contributed by atoms with Gasteiger partial charge in [0.1, 0.15) is 0 Å². The second kappa shape index (κ2) is 11.4. The zero-order valence-corrected chi connectivity index (χ0v) is 19.4. The van der Waals surface area contributed by atoms with Crippen molar-refractivity contribution in [1.82, 2.24) is 16.0 Å². The van der Waals surface area contributed by atoms with Crippen LogP contribution in [0.3, 0.4) is 0 Å². The fourth-order valence-electron chi connectivity index (χ4n) is 3.83. The Labute approximate surface area is 200 Å². The first kappa shape index (κ1) is 25.6. The van der Waals surface area contributed by atoms with E-state index >= 15 is 0 Å². The Kier molecular flexibility index (Phi) is 8.60. The van der Waals surface area contributed by atoms with Crippen molar-refractivity contribution in [3.8, 4) is 0 Å². The molecule has 1 fully saturated rings. The molecule has 0 radical (unpaired) electrons. The Balaban J connectivity index is 1.54. The molecular formula is C24H26F3N3O3S. The molecule has 3 rings (SSSR count). The first-order valence-electron chi connectivity index (χ1n) is 10.9.